The van der Waals surface area contributed by atoms with Gasteiger partial charge in [0.25, 0.3) is 11.8 Å². The number of anilines is 1. The molecule has 4 saturated heterocycles. The SMILES string of the molecule is CCCCCCCCCCCNc1c(C(=O)N[C@H]2C(=O)N[C@@H](C(C)C)C(=O)N3CCC[C@H]3C(=O)N(C)CC(=O)N(C)[C@H](C(C)C)C(=O)O[C@H]2C)c2nc3c(C(=O)N[C@@H]4C(=O)N[C@H](C(C)C)C(=O)N5CCC[C@@H]5C(=O)N(C)CC(=O)N(C)[C@@H](C(C)C)C(=O)O[C@@H]4C)ccc(C)c3oc-2c(C)c1=O. The van der Waals surface area contributed by atoms with Gasteiger partial charge in [0.05, 0.1) is 29.9 Å². The minimum Gasteiger partial charge on any atom is -0.458 e. The number of amides is 10. The summed E-state index contributed by atoms with van der Waals surface area (Å²) in [4.78, 5) is 204. The molecule has 28 heteroatoms. The summed E-state index contributed by atoms with van der Waals surface area (Å²) in [5.41, 5.74) is -1.75. The second-order valence-corrected chi connectivity index (χ2v) is 29.3. The van der Waals surface area contributed by atoms with Gasteiger partial charge < -0.3 is 69.9 Å². The number of unbranched alkanes of at least 4 members (excludes halogenated alkanes) is 8. The third-order valence-electron chi connectivity index (χ3n) is 20.1. The number of likely N-dealkylation sites (N-methyl/N-ethyl adjacent to an activating group) is 4. The van der Waals surface area contributed by atoms with Gasteiger partial charge in [-0.2, -0.15) is 0 Å². The molecule has 0 bridgehead atoms. The molecule has 5 heterocycles. The maximum Gasteiger partial charge on any atom is 0.329 e. The largest absolute Gasteiger partial charge is 0.458 e. The van der Waals surface area contributed by atoms with Gasteiger partial charge in [0.2, 0.25) is 52.7 Å². The van der Waals surface area contributed by atoms with E-state index in [4.69, 9.17) is 18.9 Å². The molecule has 5 N–H and O–H groups in total. The summed E-state index contributed by atoms with van der Waals surface area (Å²) in [5.74, 6) is -11.9. The average Bonchev–Trinajstić information content (AvgIpc) is 1.18. The van der Waals surface area contributed by atoms with Crippen LogP contribution in [-0.4, -0.2) is 227 Å². The second kappa shape index (κ2) is 34.8. The van der Waals surface area contributed by atoms with E-state index in [-0.39, 0.29) is 71.8 Å². The van der Waals surface area contributed by atoms with Crippen LogP contribution in [0.15, 0.2) is 21.3 Å². The van der Waals surface area contributed by atoms with Crippen LogP contribution in [-0.2, 0) is 57.4 Å². The van der Waals surface area contributed by atoms with Crippen LogP contribution in [0.3, 0.4) is 0 Å². The normalized spacial score (nSPS) is 24.6. The Hall–Kier alpha value is -8.72. The Balaban J connectivity index is 1.37. The molecular formula is C73H108N12O16. The molecule has 1 aliphatic carbocycles. The van der Waals surface area contributed by atoms with Crippen LogP contribution in [0.1, 0.15) is 191 Å². The van der Waals surface area contributed by atoms with Gasteiger partial charge in [0.15, 0.2) is 11.3 Å². The van der Waals surface area contributed by atoms with E-state index in [1.54, 1.807) is 62.3 Å². The van der Waals surface area contributed by atoms with E-state index in [1.807, 2.05) is 0 Å². The van der Waals surface area contributed by atoms with E-state index in [2.05, 4.69) is 33.5 Å². The lowest BCUT2D eigenvalue weighted by Gasteiger charge is -2.36. The van der Waals surface area contributed by atoms with E-state index < -0.39 is 179 Å². The fourth-order valence-corrected chi connectivity index (χ4v) is 14.1. The Labute approximate surface area is 592 Å². The first-order valence-electron chi connectivity index (χ1n) is 36.0. The molecule has 1 aromatic carbocycles. The number of esters is 2. The van der Waals surface area contributed by atoms with Gasteiger partial charge in [-0.3, -0.25) is 52.7 Å². The number of carbonyl (C=O) groups is 12. The van der Waals surface area contributed by atoms with Crippen molar-refractivity contribution in [3.8, 4) is 11.5 Å². The fourth-order valence-electron chi connectivity index (χ4n) is 14.1. The molecule has 28 nitrogen and oxygen atoms in total. The van der Waals surface area contributed by atoms with E-state index in [0.29, 0.717) is 24.8 Å². The van der Waals surface area contributed by atoms with Gasteiger partial charge in [-0.1, -0.05) is 120 Å². The van der Waals surface area contributed by atoms with Gasteiger partial charge in [0.1, 0.15) is 71.8 Å². The third-order valence-corrected chi connectivity index (χ3v) is 20.1. The van der Waals surface area contributed by atoms with E-state index in [1.165, 1.54) is 80.7 Å². The summed E-state index contributed by atoms with van der Waals surface area (Å²) in [6.45, 7) is 21.2. The topological polar surface area (TPSA) is 346 Å². The summed E-state index contributed by atoms with van der Waals surface area (Å²) >= 11 is 0. The summed E-state index contributed by atoms with van der Waals surface area (Å²) < 4.78 is 18.8. The number of rotatable bonds is 19. The lowest BCUT2D eigenvalue weighted by Crippen LogP contribution is -2.61. The number of nitrogens with zero attached hydrogens (tertiary/aromatic N) is 7. The van der Waals surface area contributed by atoms with E-state index in [0.717, 1.165) is 61.2 Å². The molecule has 0 spiro atoms. The molecule has 4 fully saturated rings. The van der Waals surface area contributed by atoms with Gasteiger partial charge in [0, 0.05) is 53.4 Å². The molecule has 5 aliphatic heterocycles. The van der Waals surface area contributed by atoms with Crippen molar-refractivity contribution in [1.82, 2.24) is 55.7 Å². The maximum atomic E-state index is 15.9. The second-order valence-electron chi connectivity index (χ2n) is 29.3. The summed E-state index contributed by atoms with van der Waals surface area (Å²) in [6.07, 6.45) is 7.21. The average molecular weight is 1410 g/mol. The third kappa shape index (κ3) is 18.1. The molecule has 0 saturated carbocycles. The molecule has 0 aromatic heterocycles. The highest BCUT2D eigenvalue weighted by atomic mass is 16.6. The lowest BCUT2D eigenvalue weighted by atomic mass is 9.97. The summed E-state index contributed by atoms with van der Waals surface area (Å²) in [5, 5.41) is 14.3. The molecule has 101 heavy (non-hydrogen) atoms. The first kappa shape index (κ1) is 79.6. The minimum atomic E-state index is -1.86. The van der Waals surface area contributed by atoms with Gasteiger partial charge in [-0.25, -0.2) is 14.6 Å². The first-order valence-corrected chi connectivity index (χ1v) is 36.0. The van der Waals surface area contributed by atoms with Crippen LogP contribution in [0.2, 0.25) is 0 Å². The van der Waals surface area contributed by atoms with Crippen molar-refractivity contribution in [3.05, 3.63) is 44.6 Å². The van der Waals surface area contributed by atoms with Crippen LogP contribution in [0.5, 0.6) is 0 Å². The fraction of sp³-hybridized carbons (Fsp3) is 0.671. The Bertz CT molecular complexity index is 3630. The van der Waals surface area contributed by atoms with Crippen molar-refractivity contribution in [3.63, 3.8) is 0 Å². The van der Waals surface area contributed by atoms with Crippen LogP contribution in [0.25, 0.3) is 22.6 Å². The minimum absolute atomic E-state index is 0.00240. The van der Waals surface area contributed by atoms with Gasteiger partial charge in [-0.05, 0) is 95.1 Å². The number of benzene rings is 2. The number of ether oxygens (including phenoxy) is 2. The number of cyclic esters (lactones) is 2. The quantitative estimate of drug-likeness (QED) is 0.0593. The highest BCUT2D eigenvalue weighted by molar-refractivity contribution is 6.11. The smallest absolute Gasteiger partial charge is 0.329 e. The van der Waals surface area contributed by atoms with Crippen molar-refractivity contribution in [2.24, 2.45) is 23.7 Å². The Morgan fingerprint density at radius 2 is 1.02 bits per heavy atom. The van der Waals surface area contributed by atoms with Crippen LogP contribution >= 0.6 is 0 Å². The number of aromatic nitrogens is 1. The molecule has 0 unspecified atom stereocenters. The maximum absolute atomic E-state index is 15.9. The molecular weight excluding hydrogens is 1300 g/mol. The molecule has 556 valence electrons. The molecule has 7 rings (SSSR count). The zero-order valence-corrected chi connectivity index (χ0v) is 62.1. The molecule has 1 aromatic rings. The lowest BCUT2D eigenvalue weighted by molar-refractivity contribution is -0.163. The number of carbonyl (C=O) groups excluding carboxylic acids is 12. The Morgan fingerprint density at radius 3 is 1.46 bits per heavy atom. The number of aryl methyl sites for hydroxylation is 1. The molecule has 10 atom stereocenters. The predicted molar refractivity (Wildman–Crippen MR) is 377 cm³/mol. The van der Waals surface area contributed by atoms with Gasteiger partial charge >= 0.3 is 11.9 Å². The van der Waals surface area contributed by atoms with Crippen molar-refractivity contribution in [2.75, 3.05) is 66.2 Å². The van der Waals surface area contributed by atoms with Crippen molar-refractivity contribution >= 4 is 87.8 Å². The van der Waals surface area contributed by atoms with Crippen molar-refractivity contribution in [1.29, 1.82) is 0 Å². The molecule has 0 radical (unpaired) electrons. The molecule has 10 amide bonds. The highest BCUT2D eigenvalue weighted by Crippen LogP contribution is 2.36. The number of hydrogen-bond acceptors (Lipinski definition) is 18. The summed E-state index contributed by atoms with van der Waals surface area (Å²) in [7, 11) is 5.66. The molecule has 6 aliphatic rings. The van der Waals surface area contributed by atoms with Crippen molar-refractivity contribution in [2.45, 2.75) is 234 Å². The monoisotopic (exact) mass is 1410 g/mol. The zero-order chi connectivity index (χ0) is 74.8. The van der Waals surface area contributed by atoms with E-state index >= 15 is 24.0 Å². The van der Waals surface area contributed by atoms with Crippen molar-refractivity contribution < 1.29 is 71.4 Å². The Morgan fingerprint density at radius 1 is 0.584 bits per heavy atom. The number of nitrogens with one attached hydrogen (secondary N) is 5. The first-order chi connectivity index (χ1) is 47.6. The highest BCUT2D eigenvalue weighted by Gasteiger charge is 2.47. The van der Waals surface area contributed by atoms with E-state index in [9.17, 15) is 38.4 Å². The standard InChI is InChI=1S/C73H108N12O16/c1-18-19-20-21-22-23-24-25-26-33-74-57-51(65(90)79-55-45(13)100-73(98)60(41(8)9)83(17)50(87)37-81(15)69(94)48-30-28-35-85(48)71(96)53(39(4)5)77-67(55)92)58-63(43(11)61(57)88)101-62-42(10)31-32-46(56(62)75-58)64(89)78-54-44(12)99-72(97)59(40(6)7)82(16)49(86)36-80(14)68(93)47-29-27-34-84(47)70(95)52(38(2)3)76-66(54)91/h31-32,38-41,44-45,47-48,52-55,59-60,74H,18-30,33-37H2,1-17H3,(H,76,91)(H,77,92)(H,78,89)(H,79,90)/t44-,45+,47-,48+,52-,53+,54+,55-,59+,60-/m1/s1. The zero-order valence-electron chi connectivity index (χ0n) is 62.1. The number of hydrogen-bond donors (Lipinski definition) is 5. The van der Waals surface area contributed by atoms with Crippen LogP contribution in [0.4, 0.5) is 5.69 Å². The predicted octanol–water partition coefficient (Wildman–Crippen LogP) is 5.09. The number of fused-ring (bicyclic) bond motifs is 4. The van der Waals surface area contributed by atoms with Crippen LogP contribution in [0, 0.1) is 37.5 Å². The Kier molecular flexibility index (Phi) is 27.4. The van der Waals surface area contributed by atoms with Crippen LogP contribution < -0.4 is 32.0 Å². The van der Waals surface area contributed by atoms with Gasteiger partial charge in [-0.15, -0.1) is 0 Å². The summed E-state index contributed by atoms with van der Waals surface area (Å²) in [6, 6.07) is -7.75.